The van der Waals surface area contributed by atoms with E-state index in [1.54, 1.807) is 44.3 Å². The van der Waals surface area contributed by atoms with Gasteiger partial charge in [0, 0.05) is 10.8 Å². The third-order valence-corrected chi connectivity index (χ3v) is 6.59. The molecule has 0 saturated heterocycles. The minimum absolute atomic E-state index is 1.03. The van der Waals surface area contributed by atoms with Gasteiger partial charge in [0.15, 0.2) is 0 Å². The molecule has 0 unspecified atom stereocenters. The molecular formula is C14H8N2S4. The number of hydrogen-bond donors (Lipinski definition) is 0. The molecule has 4 rings (SSSR count). The fraction of sp³-hybridized carbons (Fsp3) is 0. The molecule has 20 heavy (non-hydrogen) atoms. The molecule has 0 aliphatic rings. The first-order chi connectivity index (χ1) is 9.88. The van der Waals surface area contributed by atoms with Gasteiger partial charge in [-0.05, 0) is 68.7 Å². The molecule has 0 aliphatic carbocycles. The van der Waals surface area contributed by atoms with E-state index in [0.717, 1.165) is 19.7 Å². The summed E-state index contributed by atoms with van der Waals surface area (Å²) in [6, 6.07) is 12.6. The van der Waals surface area contributed by atoms with Crippen molar-refractivity contribution < 1.29 is 0 Å². The zero-order valence-corrected chi connectivity index (χ0v) is 13.4. The molecule has 0 atom stereocenters. The fourth-order valence-corrected chi connectivity index (χ4v) is 5.23. The van der Waals surface area contributed by atoms with Gasteiger partial charge in [-0.2, -0.15) is 0 Å². The number of nitrogens with zero attached hydrogens (tertiary/aromatic N) is 2. The number of aromatic nitrogens is 2. The first-order valence-electron chi connectivity index (χ1n) is 5.91. The minimum Gasteiger partial charge on any atom is -0.230 e. The van der Waals surface area contributed by atoms with Crippen LogP contribution < -0.4 is 0 Å². The van der Waals surface area contributed by atoms with Crippen LogP contribution in [0.3, 0.4) is 0 Å². The van der Waals surface area contributed by atoms with Gasteiger partial charge in [-0.3, -0.25) is 0 Å². The lowest BCUT2D eigenvalue weighted by atomic mass is 10.4. The predicted octanol–water partition coefficient (Wildman–Crippen LogP) is 5.71. The smallest absolute Gasteiger partial charge is 0.124 e. The topological polar surface area (TPSA) is 25.8 Å². The molecule has 0 amide bonds. The number of thiophene rings is 2. The summed E-state index contributed by atoms with van der Waals surface area (Å²) in [7, 11) is 3.31. The molecule has 0 fully saturated rings. The van der Waals surface area contributed by atoms with E-state index in [9.17, 15) is 0 Å². The molecule has 4 aromatic heterocycles. The summed E-state index contributed by atoms with van der Waals surface area (Å²) in [5.74, 6) is 0. The van der Waals surface area contributed by atoms with Crippen molar-refractivity contribution in [3.63, 3.8) is 0 Å². The van der Waals surface area contributed by atoms with Crippen LogP contribution in [0, 0.1) is 0 Å². The monoisotopic (exact) mass is 332 g/mol. The number of rotatable bonds is 3. The predicted molar refractivity (Wildman–Crippen MR) is 91.0 cm³/mol. The van der Waals surface area contributed by atoms with E-state index < -0.39 is 0 Å². The van der Waals surface area contributed by atoms with Gasteiger partial charge in [0.05, 0.1) is 0 Å². The van der Waals surface area contributed by atoms with Crippen molar-refractivity contribution in [1.29, 1.82) is 0 Å². The van der Waals surface area contributed by atoms with Crippen molar-refractivity contribution in [3.05, 3.63) is 47.2 Å². The van der Waals surface area contributed by atoms with Crippen molar-refractivity contribution >= 4 is 64.7 Å². The van der Waals surface area contributed by atoms with Gasteiger partial charge in [0.25, 0.3) is 0 Å². The molecule has 6 heteroatoms. The maximum Gasteiger partial charge on any atom is 0.124 e. The van der Waals surface area contributed by atoms with Gasteiger partial charge in [-0.25, -0.2) is 9.97 Å². The largest absolute Gasteiger partial charge is 0.230 e. The highest BCUT2D eigenvalue weighted by atomic mass is 33.1. The Kier molecular flexibility index (Phi) is 3.39. The Morgan fingerprint density at radius 1 is 0.650 bits per heavy atom. The Hall–Kier alpha value is -1.08. The van der Waals surface area contributed by atoms with Gasteiger partial charge < -0.3 is 0 Å². The highest BCUT2D eigenvalue weighted by Crippen LogP contribution is 2.37. The molecule has 4 aromatic rings. The summed E-state index contributed by atoms with van der Waals surface area (Å²) in [6.07, 6.45) is 0. The van der Waals surface area contributed by atoms with E-state index >= 15 is 0 Å². The lowest BCUT2D eigenvalue weighted by Gasteiger charge is -2.00. The first kappa shape index (κ1) is 12.6. The van der Waals surface area contributed by atoms with Crippen LogP contribution in [0.4, 0.5) is 0 Å². The van der Waals surface area contributed by atoms with E-state index in [2.05, 4.69) is 57.1 Å². The molecule has 0 bridgehead atoms. The van der Waals surface area contributed by atoms with Crippen LogP contribution in [0.2, 0.25) is 0 Å². The second kappa shape index (κ2) is 5.37. The molecule has 98 valence electrons. The third kappa shape index (κ3) is 2.44. The Labute approximate surface area is 131 Å². The molecule has 0 aliphatic heterocycles. The summed E-state index contributed by atoms with van der Waals surface area (Å²) in [5, 5.41) is 8.62. The molecule has 0 aromatic carbocycles. The summed E-state index contributed by atoms with van der Waals surface area (Å²) in [5.41, 5.74) is 0. The molecular weight excluding hydrogens is 324 g/mol. The van der Waals surface area contributed by atoms with E-state index in [1.807, 2.05) is 0 Å². The Morgan fingerprint density at radius 2 is 1.15 bits per heavy atom. The van der Waals surface area contributed by atoms with E-state index in [1.165, 1.54) is 10.8 Å². The quantitative estimate of drug-likeness (QED) is 0.449. The second-order valence-corrected chi connectivity index (χ2v) is 8.05. The maximum absolute atomic E-state index is 4.64. The normalized spacial score (nSPS) is 11.4. The van der Waals surface area contributed by atoms with Gasteiger partial charge in [0.2, 0.25) is 0 Å². The summed E-state index contributed by atoms with van der Waals surface area (Å²) < 4.78 is 0. The molecule has 0 spiro atoms. The summed E-state index contributed by atoms with van der Waals surface area (Å²) in [6.45, 7) is 0. The van der Waals surface area contributed by atoms with E-state index in [-0.39, 0.29) is 0 Å². The lowest BCUT2D eigenvalue weighted by Crippen LogP contribution is -1.78. The third-order valence-electron chi connectivity index (χ3n) is 2.80. The summed E-state index contributed by atoms with van der Waals surface area (Å²) >= 11 is 3.36. The van der Waals surface area contributed by atoms with Crippen molar-refractivity contribution in [2.24, 2.45) is 0 Å². The van der Waals surface area contributed by atoms with Gasteiger partial charge in [-0.1, -0.05) is 0 Å². The average molecular weight is 333 g/mol. The Bertz CT molecular complexity index is 807. The highest BCUT2D eigenvalue weighted by molar-refractivity contribution is 8.76. The zero-order valence-electron chi connectivity index (χ0n) is 10.1. The van der Waals surface area contributed by atoms with Crippen LogP contribution in [0.1, 0.15) is 0 Å². The van der Waals surface area contributed by atoms with Crippen LogP contribution in [0.15, 0.2) is 57.2 Å². The molecule has 4 heterocycles. The van der Waals surface area contributed by atoms with Crippen molar-refractivity contribution in [3.8, 4) is 0 Å². The standard InChI is InChI=1S/C14H8N2S4/c1-3-11(15-13-9(1)5-7-17-13)19-20-12-4-2-10-6-8-18-14(10)16-12/h1-8H. The Balaban J connectivity index is 1.56. The summed E-state index contributed by atoms with van der Waals surface area (Å²) in [4.78, 5) is 11.5. The number of hydrogen-bond acceptors (Lipinski definition) is 6. The van der Waals surface area contributed by atoms with E-state index in [4.69, 9.17) is 0 Å². The van der Waals surface area contributed by atoms with Crippen LogP contribution in [-0.2, 0) is 0 Å². The molecule has 2 nitrogen and oxygen atoms in total. The zero-order chi connectivity index (χ0) is 13.4. The van der Waals surface area contributed by atoms with Crippen LogP contribution in [0.25, 0.3) is 20.4 Å². The molecule has 0 radical (unpaired) electrons. The minimum atomic E-state index is 1.03. The van der Waals surface area contributed by atoms with Crippen molar-refractivity contribution in [2.45, 2.75) is 10.1 Å². The van der Waals surface area contributed by atoms with Crippen molar-refractivity contribution in [1.82, 2.24) is 9.97 Å². The molecule has 0 saturated carbocycles. The second-order valence-electron chi connectivity index (χ2n) is 4.10. The maximum atomic E-state index is 4.64. The highest BCUT2D eigenvalue weighted by Gasteiger charge is 2.04. The van der Waals surface area contributed by atoms with Crippen LogP contribution in [0.5, 0.6) is 0 Å². The fourth-order valence-electron chi connectivity index (χ4n) is 1.83. The lowest BCUT2D eigenvalue weighted by molar-refractivity contribution is 1.20. The van der Waals surface area contributed by atoms with Gasteiger partial charge in [-0.15, -0.1) is 22.7 Å². The van der Waals surface area contributed by atoms with Gasteiger partial charge in [0.1, 0.15) is 19.7 Å². The first-order valence-corrected chi connectivity index (χ1v) is 9.82. The van der Waals surface area contributed by atoms with Crippen molar-refractivity contribution in [2.75, 3.05) is 0 Å². The number of fused-ring (bicyclic) bond motifs is 2. The van der Waals surface area contributed by atoms with Crippen LogP contribution >= 0.6 is 44.3 Å². The van der Waals surface area contributed by atoms with Crippen LogP contribution in [-0.4, -0.2) is 9.97 Å². The Morgan fingerprint density at radius 3 is 1.65 bits per heavy atom. The molecule has 0 N–H and O–H groups in total. The average Bonchev–Trinajstić information content (AvgIpc) is 3.12. The van der Waals surface area contributed by atoms with Gasteiger partial charge >= 0.3 is 0 Å². The SMILES string of the molecule is c1cc2ccc(SSc3ccc4ccsc4n3)nc2s1. The van der Waals surface area contributed by atoms with E-state index in [0.29, 0.717) is 0 Å². The number of pyridine rings is 2.